The van der Waals surface area contributed by atoms with Crippen LogP contribution in [0.5, 0.6) is 0 Å². The number of thiophene rings is 2. The molecule has 0 unspecified atom stereocenters. The van der Waals surface area contributed by atoms with E-state index in [1.807, 2.05) is 10.8 Å². The second-order valence-corrected chi connectivity index (χ2v) is 6.61. The Balaban J connectivity index is 2.26. The van der Waals surface area contributed by atoms with Crippen molar-refractivity contribution in [1.82, 2.24) is 0 Å². The Bertz CT molecular complexity index is 583. The van der Waals surface area contributed by atoms with Gasteiger partial charge in [-0.05, 0) is 29.3 Å². The molecule has 0 fully saturated rings. The number of rotatable bonds is 0. The average Bonchev–Trinajstić information content (AvgIpc) is 2.76. The van der Waals surface area contributed by atoms with E-state index in [-0.39, 0.29) is 5.78 Å². The first-order chi connectivity index (χ1) is 7.68. The topological polar surface area (TPSA) is 17.1 Å². The quantitative estimate of drug-likeness (QED) is 0.700. The lowest BCUT2D eigenvalue weighted by Crippen LogP contribution is -2.00. The summed E-state index contributed by atoms with van der Waals surface area (Å²) in [7, 11) is 0. The molecule has 0 N–H and O–H groups in total. The van der Waals surface area contributed by atoms with E-state index in [2.05, 4.69) is 0 Å². The van der Waals surface area contributed by atoms with Gasteiger partial charge in [-0.2, -0.15) is 11.3 Å². The third-order valence-electron chi connectivity index (χ3n) is 2.77. The molecule has 5 heteroatoms. The molecule has 0 radical (unpaired) electrons. The normalized spacial score (nSPS) is 14.5. The van der Waals surface area contributed by atoms with E-state index in [1.165, 1.54) is 11.3 Å². The number of carbonyl (C=O) groups is 1. The lowest BCUT2D eigenvalue weighted by atomic mass is 10.1. The van der Waals surface area contributed by atoms with Gasteiger partial charge < -0.3 is 0 Å². The average molecular weight is 289 g/mol. The van der Waals surface area contributed by atoms with E-state index in [0.717, 1.165) is 29.5 Å². The molecular weight excluding hydrogens is 283 g/mol. The molecule has 0 saturated carbocycles. The lowest BCUT2D eigenvalue weighted by Gasteiger charge is -1.97. The molecule has 0 aliphatic heterocycles. The van der Waals surface area contributed by atoms with Crippen molar-refractivity contribution in [2.45, 2.75) is 12.8 Å². The molecule has 0 spiro atoms. The number of hydrogen-bond donors (Lipinski definition) is 0. The summed E-state index contributed by atoms with van der Waals surface area (Å²) in [4.78, 5) is 12.3. The Labute approximate surface area is 111 Å². The van der Waals surface area contributed by atoms with E-state index in [0.29, 0.717) is 14.2 Å². The third kappa shape index (κ3) is 1.46. The lowest BCUT2D eigenvalue weighted by molar-refractivity contribution is 0.103. The van der Waals surface area contributed by atoms with Crippen LogP contribution in [0.1, 0.15) is 27.0 Å². The van der Waals surface area contributed by atoms with E-state index < -0.39 is 0 Å². The van der Waals surface area contributed by atoms with Crippen LogP contribution in [0.3, 0.4) is 0 Å². The summed E-state index contributed by atoms with van der Waals surface area (Å²) in [5.41, 5.74) is 3.44. The van der Waals surface area contributed by atoms with Crippen LogP contribution < -0.4 is 0 Å². The van der Waals surface area contributed by atoms with Crippen LogP contribution in [0.25, 0.3) is 0 Å². The molecule has 2 aromatic rings. The zero-order chi connectivity index (χ0) is 11.3. The number of carbonyl (C=O) groups excluding carboxylic acids is 1. The number of ketones is 1. The van der Waals surface area contributed by atoms with Gasteiger partial charge in [-0.15, -0.1) is 11.3 Å². The first-order valence-corrected chi connectivity index (χ1v) is 7.26. The van der Waals surface area contributed by atoms with Gasteiger partial charge in [0.2, 0.25) is 0 Å². The van der Waals surface area contributed by atoms with Crippen LogP contribution in [-0.4, -0.2) is 5.78 Å². The Morgan fingerprint density at radius 3 is 2.75 bits per heavy atom. The van der Waals surface area contributed by atoms with Crippen molar-refractivity contribution in [1.29, 1.82) is 0 Å². The molecule has 0 saturated heterocycles. The van der Waals surface area contributed by atoms with Crippen molar-refractivity contribution in [3.63, 3.8) is 0 Å². The zero-order valence-corrected chi connectivity index (χ0v) is 11.2. The maximum absolute atomic E-state index is 12.3. The summed E-state index contributed by atoms with van der Waals surface area (Å²) in [6.07, 6.45) is 1.66. The molecule has 0 atom stereocenters. The van der Waals surface area contributed by atoms with Gasteiger partial charge in [0.05, 0.1) is 9.90 Å². The highest BCUT2D eigenvalue weighted by Gasteiger charge is 2.27. The standard InChI is InChI=1S/C11H6Cl2OS2/c12-10-6-2-1-5-3-15-4-7(5)9(14)8(6)11(13)16-10/h3-4H,1-2H2. The Hall–Kier alpha value is -0.350. The van der Waals surface area contributed by atoms with Crippen LogP contribution in [0.4, 0.5) is 0 Å². The molecule has 1 nitrogen and oxygen atoms in total. The minimum absolute atomic E-state index is 0.0249. The van der Waals surface area contributed by atoms with Crippen LogP contribution in [0, 0.1) is 0 Å². The molecule has 0 aromatic carbocycles. The van der Waals surface area contributed by atoms with Crippen LogP contribution in [0.2, 0.25) is 8.67 Å². The zero-order valence-electron chi connectivity index (χ0n) is 8.05. The van der Waals surface area contributed by atoms with E-state index in [1.54, 1.807) is 11.3 Å². The molecule has 1 aliphatic carbocycles. The number of hydrogen-bond acceptors (Lipinski definition) is 3. The molecule has 2 heterocycles. The van der Waals surface area contributed by atoms with Gasteiger partial charge in [0.25, 0.3) is 0 Å². The van der Waals surface area contributed by atoms with Gasteiger partial charge in [0, 0.05) is 10.9 Å². The fourth-order valence-electron chi connectivity index (χ4n) is 1.97. The molecule has 2 aromatic heterocycles. The molecule has 0 bridgehead atoms. The molecule has 16 heavy (non-hydrogen) atoms. The fourth-order valence-corrected chi connectivity index (χ4v) is 4.61. The van der Waals surface area contributed by atoms with E-state index >= 15 is 0 Å². The third-order valence-corrected chi connectivity index (χ3v) is 5.25. The van der Waals surface area contributed by atoms with Gasteiger partial charge in [-0.3, -0.25) is 4.79 Å². The van der Waals surface area contributed by atoms with Crippen molar-refractivity contribution < 1.29 is 4.79 Å². The van der Waals surface area contributed by atoms with Gasteiger partial charge in [-0.25, -0.2) is 0 Å². The molecule has 1 aliphatic rings. The van der Waals surface area contributed by atoms with Gasteiger partial charge in [0.15, 0.2) is 5.78 Å². The number of halogens is 2. The van der Waals surface area contributed by atoms with Crippen LogP contribution in [-0.2, 0) is 12.8 Å². The fraction of sp³-hybridized carbons (Fsp3) is 0.182. The molecule has 3 rings (SSSR count). The predicted molar refractivity (Wildman–Crippen MR) is 69.5 cm³/mol. The largest absolute Gasteiger partial charge is 0.288 e. The van der Waals surface area contributed by atoms with Crippen LogP contribution >= 0.6 is 45.9 Å². The smallest absolute Gasteiger partial charge is 0.196 e. The maximum atomic E-state index is 12.3. The summed E-state index contributed by atoms with van der Waals surface area (Å²) in [5.74, 6) is 0.0249. The monoisotopic (exact) mass is 288 g/mol. The SMILES string of the molecule is O=C1c2cscc2CCc2c(Cl)sc(Cl)c21. The van der Waals surface area contributed by atoms with Gasteiger partial charge in [-0.1, -0.05) is 23.2 Å². The van der Waals surface area contributed by atoms with Crippen molar-refractivity contribution in [2.24, 2.45) is 0 Å². The second kappa shape index (κ2) is 3.84. The highest BCUT2D eigenvalue weighted by Crippen LogP contribution is 2.41. The highest BCUT2D eigenvalue weighted by molar-refractivity contribution is 7.20. The minimum Gasteiger partial charge on any atom is -0.288 e. The van der Waals surface area contributed by atoms with Crippen molar-refractivity contribution in [3.05, 3.63) is 41.7 Å². The molecular formula is C11H6Cl2OS2. The highest BCUT2D eigenvalue weighted by atomic mass is 35.5. The Kier molecular flexibility index (Phi) is 2.59. The van der Waals surface area contributed by atoms with Crippen LogP contribution in [0.15, 0.2) is 10.8 Å². The summed E-state index contributed by atoms with van der Waals surface area (Å²) in [6.45, 7) is 0. The first kappa shape index (κ1) is 10.8. The molecule has 82 valence electrons. The predicted octanol–water partition coefficient (Wildman–Crippen LogP) is 4.45. The van der Waals surface area contributed by atoms with Crippen molar-refractivity contribution >= 4 is 51.7 Å². The molecule has 0 amide bonds. The summed E-state index contributed by atoms with van der Waals surface area (Å²) in [5, 5.41) is 3.93. The van der Waals surface area contributed by atoms with Gasteiger partial charge in [0.1, 0.15) is 4.34 Å². The number of aryl methyl sites for hydroxylation is 1. The Morgan fingerprint density at radius 1 is 1.12 bits per heavy atom. The minimum atomic E-state index is 0.0249. The summed E-state index contributed by atoms with van der Waals surface area (Å²) < 4.78 is 1.17. The number of fused-ring (bicyclic) bond motifs is 2. The van der Waals surface area contributed by atoms with Crippen molar-refractivity contribution in [2.75, 3.05) is 0 Å². The summed E-state index contributed by atoms with van der Waals surface area (Å²) >= 11 is 15.0. The Morgan fingerprint density at radius 2 is 1.94 bits per heavy atom. The summed E-state index contributed by atoms with van der Waals surface area (Å²) in [6, 6.07) is 0. The second-order valence-electron chi connectivity index (χ2n) is 3.64. The van der Waals surface area contributed by atoms with Gasteiger partial charge >= 0.3 is 0 Å². The van der Waals surface area contributed by atoms with E-state index in [4.69, 9.17) is 23.2 Å². The van der Waals surface area contributed by atoms with Crippen molar-refractivity contribution in [3.8, 4) is 0 Å². The van der Waals surface area contributed by atoms with E-state index in [9.17, 15) is 4.79 Å². The first-order valence-electron chi connectivity index (χ1n) is 4.75. The maximum Gasteiger partial charge on any atom is 0.196 e.